The van der Waals surface area contributed by atoms with Gasteiger partial charge in [0.25, 0.3) is 0 Å². The number of nitrogens with two attached hydrogens (primary N) is 1. The van der Waals surface area contributed by atoms with Crippen molar-refractivity contribution in [2.45, 2.75) is 31.2 Å². The Morgan fingerprint density at radius 3 is 2.38 bits per heavy atom. The first-order valence-electron chi connectivity index (χ1n) is 6.76. The van der Waals surface area contributed by atoms with E-state index in [1.54, 1.807) is 6.07 Å². The highest BCUT2D eigenvalue weighted by Crippen LogP contribution is 2.36. The van der Waals surface area contributed by atoms with Gasteiger partial charge in [0.15, 0.2) is 0 Å². The Bertz CT molecular complexity index is 564. The van der Waals surface area contributed by atoms with E-state index in [1.165, 1.54) is 6.07 Å². The summed E-state index contributed by atoms with van der Waals surface area (Å²) in [6.45, 7) is 1.25. The summed E-state index contributed by atoms with van der Waals surface area (Å²) in [6.07, 6.45) is -2.29. The molecule has 1 aromatic carbocycles. The lowest BCUT2D eigenvalue weighted by Gasteiger charge is -2.34. The Hall–Kier alpha value is -1.34. The van der Waals surface area contributed by atoms with Crippen LogP contribution in [0.4, 0.5) is 18.9 Å². The minimum atomic E-state index is -4.47. The van der Waals surface area contributed by atoms with E-state index in [0.29, 0.717) is 18.8 Å². The van der Waals surface area contributed by atoms with Crippen LogP contribution in [0.1, 0.15) is 24.0 Å². The molecule has 3 rings (SSSR count). The fraction of sp³-hybridized carbons (Fsp3) is 0.500. The van der Waals surface area contributed by atoms with Gasteiger partial charge in [0, 0.05) is 24.3 Å². The van der Waals surface area contributed by atoms with Crippen LogP contribution in [0, 0.1) is 0 Å². The largest absolute Gasteiger partial charge is 0.417 e. The minimum absolute atomic E-state index is 0.119. The first-order chi connectivity index (χ1) is 9.84. The smallest absolute Gasteiger partial charge is 0.389 e. The van der Waals surface area contributed by atoms with E-state index in [2.05, 4.69) is 0 Å². The molecule has 3 nitrogen and oxygen atoms in total. The first-order valence-corrected chi connectivity index (χ1v) is 7.17. The number of alkyl halides is 3. The summed E-state index contributed by atoms with van der Waals surface area (Å²) in [5.41, 5.74) is 5.04. The van der Waals surface area contributed by atoms with E-state index in [1.807, 2.05) is 4.90 Å². The van der Waals surface area contributed by atoms with Gasteiger partial charge in [-0.05, 0) is 31.0 Å². The molecule has 2 aliphatic rings. The maximum atomic E-state index is 13.2. The third kappa shape index (κ3) is 2.85. The molecule has 0 aliphatic carbocycles. The molecule has 1 aromatic rings. The van der Waals surface area contributed by atoms with Crippen molar-refractivity contribution in [1.82, 2.24) is 0 Å². The molecule has 0 saturated carbocycles. The van der Waals surface area contributed by atoms with Crippen LogP contribution in [0.2, 0.25) is 0 Å². The number of hydrogen-bond acceptors (Lipinski definition) is 3. The molecule has 2 bridgehead atoms. The van der Waals surface area contributed by atoms with Crippen LogP contribution in [0.3, 0.4) is 0 Å². The number of morpholine rings is 1. The van der Waals surface area contributed by atoms with Gasteiger partial charge in [-0.2, -0.15) is 13.2 Å². The molecule has 0 spiro atoms. The van der Waals surface area contributed by atoms with Gasteiger partial charge in [-0.1, -0.05) is 12.2 Å². The molecule has 2 saturated heterocycles. The van der Waals surface area contributed by atoms with Gasteiger partial charge >= 0.3 is 6.18 Å². The summed E-state index contributed by atoms with van der Waals surface area (Å²) < 4.78 is 45.2. The van der Waals surface area contributed by atoms with Crippen molar-refractivity contribution in [2.75, 3.05) is 18.0 Å². The zero-order valence-corrected chi connectivity index (χ0v) is 12.0. The number of ether oxygens (including phenoxy) is 1. The zero-order valence-electron chi connectivity index (χ0n) is 11.2. The number of thiocarbonyl (C=S) groups is 1. The van der Waals surface area contributed by atoms with Crippen LogP contribution in [0.15, 0.2) is 18.2 Å². The second-order valence-corrected chi connectivity index (χ2v) is 5.89. The highest BCUT2D eigenvalue weighted by Gasteiger charge is 2.37. The fourth-order valence-electron chi connectivity index (χ4n) is 3.00. The average Bonchev–Trinajstić information content (AvgIpc) is 2.75. The van der Waals surface area contributed by atoms with Crippen LogP contribution in [0.25, 0.3) is 0 Å². The summed E-state index contributed by atoms with van der Waals surface area (Å²) in [6, 6.07) is 4.14. The summed E-state index contributed by atoms with van der Waals surface area (Å²) in [7, 11) is 0. The SMILES string of the molecule is NC(=S)c1ccc(N2CC3CCC(C2)O3)cc1C(F)(F)F. The number of anilines is 1. The molecule has 2 aliphatic heterocycles. The van der Waals surface area contributed by atoms with E-state index in [0.717, 1.165) is 18.9 Å². The molecule has 2 unspecified atom stereocenters. The molecule has 114 valence electrons. The second-order valence-electron chi connectivity index (χ2n) is 5.45. The van der Waals surface area contributed by atoms with Gasteiger partial charge in [0.2, 0.25) is 0 Å². The van der Waals surface area contributed by atoms with E-state index >= 15 is 0 Å². The maximum Gasteiger partial charge on any atom is 0.417 e. The lowest BCUT2D eigenvalue weighted by Crippen LogP contribution is -2.42. The Morgan fingerprint density at radius 1 is 1.24 bits per heavy atom. The summed E-state index contributed by atoms with van der Waals surface area (Å²) >= 11 is 4.71. The van der Waals surface area contributed by atoms with Crippen molar-refractivity contribution in [3.05, 3.63) is 29.3 Å². The number of halogens is 3. The Morgan fingerprint density at radius 2 is 1.86 bits per heavy atom. The van der Waals surface area contributed by atoms with E-state index in [-0.39, 0.29) is 22.8 Å². The van der Waals surface area contributed by atoms with Crippen molar-refractivity contribution < 1.29 is 17.9 Å². The number of fused-ring (bicyclic) bond motifs is 2. The Kier molecular flexibility index (Phi) is 3.57. The standard InChI is InChI=1S/C14H15F3N2OS/c15-14(16,17)12-5-8(1-4-11(12)13(18)21)19-6-9-2-3-10(7-19)20-9/h1,4-5,9-10H,2-3,6-7H2,(H2,18,21). The predicted molar refractivity (Wildman–Crippen MR) is 77.4 cm³/mol. The lowest BCUT2D eigenvalue weighted by molar-refractivity contribution is -0.137. The van der Waals surface area contributed by atoms with Crippen molar-refractivity contribution >= 4 is 22.9 Å². The predicted octanol–water partition coefficient (Wildman–Crippen LogP) is 2.71. The van der Waals surface area contributed by atoms with Gasteiger partial charge in [-0.3, -0.25) is 0 Å². The summed E-state index contributed by atoms with van der Waals surface area (Å²) in [5, 5.41) is 0. The van der Waals surface area contributed by atoms with Crippen LogP contribution in [0.5, 0.6) is 0 Å². The monoisotopic (exact) mass is 316 g/mol. The fourth-order valence-corrected chi connectivity index (χ4v) is 3.18. The zero-order chi connectivity index (χ0) is 15.2. The van der Waals surface area contributed by atoms with Crippen molar-refractivity contribution in [2.24, 2.45) is 5.73 Å². The third-order valence-electron chi connectivity index (χ3n) is 3.98. The quantitative estimate of drug-likeness (QED) is 0.852. The van der Waals surface area contributed by atoms with Crippen LogP contribution >= 0.6 is 12.2 Å². The van der Waals surface area contributed by atoms with E-state index in [9.17, 15) is 13.2 Å². The van der Waals surface area contributed by atoms with Gasteiger partial charge in [0.05, 0.1) is 17.8 Å². The third-order valence-corrected chi connectivity index (χ3v) is 4.20. The van der Waals surface area contributed by atoms with Gasteiger partial charge < -0.3 is 15.4 Å². The second kappa shape index (κ2) is 5.14. The molecule has 2 atom stereocenters. The van der Waals surface area contributed by atoms with Crippen LogP contribution in [-0.2, 0) is 10.9 Å². The number of rotatable bonds is 2. The minimum Gasteiger partial charge on any atom is -0.389 e. The van der Waals surface area contributed by atoms with Crippen LogP contribution in [-0.4, -0.2) is 30.3 Å². The molecule has 21 heavy (non-hydrogen) atoms. The molecule has 2 fully saturated rings. The number of nitrogens with zero attached hydrogens (tertiary/aromatic N) is 1. The Balaban J connectivity index is 1.95. The molecule has 0 amide bonds. The Labute approximate surface area is 125 Å². The van der Waals surface area contributed by atoms with Crippen molar-refractivity contribution in [1.29, 1.82) is 0 Å². The van der Waals surface area contributed by atoms with Gasteiger partial charge in [-0.15, -0.1) is 0 Å². The molecule has 7 heteroatoms. The maximum absolute atomic E-state index is 13.2. The highest BCUT2D eigenvalue weighted by atomic mass is 32.1. The molecular formula is C14H15F3N2OS. The van der Waals surface area contributed by atoms with Crippen molar-refractivity contribution in [3.8, 4) is 0 Å². The number of hydrogen-bond donors (Lipinski definition) is 1. The van der Waals surface area contributed by atoms with Crippen molar-refractivity contribution in [3.63, 3.8) is 0 Å². The first kappa shape index (κ1) is 14.6. The van der Waals surface area contributed by atoms with Gasteiger partial charge in [0.1, 0.15) is 4.99 Å². The van der Waals surface area contributed by atoms with Crippen LogP contribution < -0.4 is 10.6 Å². The normalized spacial score (nSPS) is 25.2. The summed E-state index contributed by atoms with van der Waals surface area (Å²) in [4.78, 5) is 1.71. The van der Waals surface area contributed by atoms with E-state index in [4.69, 9.17) is 22.7 Å². The lowest BCUT2D eigenvalue weighted by atomic mass is 10.0. The molecular weight excluding hydrogens is 301 g/mol. The summed E-state index contributed by atoms with van der Waals surface area (Å²) in [5.74, 6) is 0. The number of benzene rings is 1. The molecule has 0 radical (unpaired) electrons. The van der Waals surface area contributed by atoms with E-state index < -0.39 is 11.7 Å². The highest BCUT2D eigenvalue weighted by molar-refractivity contribution is 7.80. The molecule has 2 N–H and O–H groups in total. The van der Waals surface area contributed by atoms with Gasteiger partial charge in [-0.25, -0.2) is 0 Å². The molecule has 0 aromatic heterocycles. The topological polar surface area (TPSA) is 38.5 Å². The average molecular weight is 316 g/mol. The molecule has 2 heterocycles.